The van der Waals surface area contributed by atoms with Crippen LogP contribution in [-0.2, 0) is 9.53 Å². The molecule has 0 amide bonds. The van der Waals surface area contributed by atoms with Crippen LogP contribution in [0.1, 0.15) is 17.9 Å². The minimum Gasteiger partial charge on any atom is -0.380 e. The molecule has 1 aliphatic carbocycles. The number of rotatable bonds is 1. The van der Waals surface area contributed by atoms with Gasteiger partial charge in [0.25, 0.3) is 0 Å². The molecular formula is C15H15F3O3. The van der Waals surface area contributed by atoms with E-state index in [-0.39, 0.29) is 13.2 Å². The molecule has 4 atom stereocenters. The van der Waals surface area contributed by atoms with Gasteiger partial charge in [-0.05, 0) is 17.9 Å². The van der Waals surface area contributed by atoms with Gasteiger partial charge in [0.15, 0.2) is 5.60 Å². The number of ketones is 1. The fourth-order valence-electron chi connectivity index (χ4n) is 3.41. The van der Waals surface area contributed by atoms with Crippen LogP contribution in [0.25, 0.3) is 0 Å². The Balaban J connectivity index is 2.04. The third-order valence-electron chi connectivity index (χ3n) is 4.60. The van der Waals surface area contributed by atoms with Crippen LogP contribution in [0.3, 0.4) is 0 Å². The summed E-state index contributed by atoms with van der Waals surface area (Å²) < 4.78 is 45.1. The van der Waals surface area contributed by atoms with Gasteiger partial charge in [0.2, 0.25) is 0 Å². The first-order chi connectivity index (χ1) is 9.84. The van der Waals surface area contributed by atoms with E-state index in [4.69, 9.17) is 4.74 Å². The first-order valence-electron chi connectivity index (χ1n) is 6.80. The Morgan fingerprint density at radius 3 is 2.43 bits per heavy atom. The smallest absolute Gasteiger partial charge is 0.380 e. The number of carbonyl (C=O) groups excluding carboxylic acids is 1. The maximum absolute atomic E-state index is 13.3. The summed E-state index contributed by atoms with van der Waals surface area (Å²) >= 11 is 0. The Kier molecular flexibility index (Phi) is 3.33. The van der Waals surface area contributed by atoms with Gasteiger partial charge in [0, 0.05) is 5.92 Å². The summed E-state index contributed by atoms with van der Waals surface area (Å²) in [6.45, 7) is -0.254. The van der Waals surface area contributed by atoms with E-state index in [0.717, 1.165) is 0 Å². The van der Waals surface area contributed by atoms with Crippen LogP contribution in [0.2, 0.25) is 0 Å². The summed E-state index contributed by atoms with van der Waals surface area (Å²) in [5, 5.41) is 10.2. The second-order valence-electron chi connectivity index (χ2n) is 5.74. The second kappa shape index (κ2) is 4.81. The van der Waals surface area contributed by atoms with Crippen LogP contribution in [0, 0.1) is 11.8 Å². The standard InChI is InChI=1S/C15H15F3O3/c16-15(17,18)14(20)6-10(9-4-2-1-3-5-9)11-7-21-8-12(14)13(11)19/h1-5,10-12,20H,6-8H2/t10-,11-,12-,14-/m0/s1. The van der Waals surface area contributed by atoms with E-state index in [9.17, 15) is 23.1 Å². The molecule has 1 saturated heterocycles. The number of hydrogen-bond donors (Lipinski definition) is 1. The van der Waals surface area contributed by atoms with Gasteiger partial charge in [0.05, 0.1) is 19.1 Å². The fourth-order valence-corrected chi connectivity index (χ4v) is 3.41. The number of carbonyl (C=O) groups is 1. The number of hydrogen-bond acceptors (Lipinski definition) is 3. The summed E-state index contributed by atoms with van der Waals surface area (Å²) in [6.07, 6.45) is -5.35. The highest BCUT2D eigenvalue weighted by atomic mass is 19.4. The van der Waals surface area contributed by atoms with Gasteiger partial charge in [-0.25, -0.2) is 0 Å². The van der Waals surface area contributed by atoms with Crippen molar-refractivity contribution in [3.05, 3.63) is 35.9 Å². The molecule has 3 rings (SSSR count). The van der Waals surface area contributed by atoms with E-state index < -0.39 is 41.7 Å². The molecule has 2 fully saturated rings. The molecule has 3 nitrogen and oxygen atoms in total. The van der Waals surface area contributed by atoms with Gasteiger partial charge in [-0.3, -0.25) is 4.79 Å². The van der Waals surface area contributed by atoms with E-state index in [2.05, 4.69) is 0 Å². The lowest BCUT2D eigenvalue weighted by Crippen LogP contribution is -2.63. The predicted octanol–water partition coefficient (Wildman–Crippen LogP) is 2.30. The SMILES string of the molecule is O=C1[C@H]2COC[C@@H]1[C@](O)(C(F)(F)F)C[C@H]2c1ccccc1. The van der Waals surface area contributed by atoms with E-state index >= 15 is 0 Å². The molecule has 1 N–H and O–H groups in total. The van der Waals surface area contributed by atoms with Crippen molar-refractivity contribution < 1.29 is 27.8 Å². The Bertz CT molecular complexity index is 543. The average molecular weight is 300 g/mol. The van der Waals surface area contributed by atoms with Crippen molar-refractivity contribution in [2.75, 3.05) is 13.2 Å². The van der Waals surface area contributed by atoms with Crippen LogP contribution >= 0.6 is 0 Å². The highest BCUT2D eigenvalue weighted by Gasteiger charge is 2.66. The Morgan fingerprint density at radius 1 is 1.14 bits per heavy atom. The monoisotopic (exact) mass is 300 g/mol. The number of fused-ring (bicyclic) bond motifs is 2. The van der Waals surface area contributed by atoms with Gasteiger partial charge < -0.3 is 9.84 Å². The molecule has 1 aliphatic heterocycles. The van der Waals surface area contributed by atoms with Crippen molar-refractivity contribution in [1.82, 2.24) is 0 Å². The number of alkyl halides is 3. The van der Waals surface area contributed by atoms with Gasteiger partial charge >= 0.3 is 6.18 Å². The van der Waals surface area contributed by atoms with Crippen molar-refractivity contribution in [3.63, 3.8) is 0 Å². The zero-order chi connectivity index (χ0) is 15.3. The molecule has 1 aromatic rings. The minimum absolute atomic E-state index is 0.114. The summed E-state index contributed by atoms with van der Waals surface area (Å²) in [7, 11) is 0. The summed E-state index contributed by atoms with van der Waals surface area (Å²) in [6, 6.07) is 8.54. The largest absolute Gasteiger partial charge is 0.418 e. The number of aliphatic hydroxyl groups is 1. The maximum Gasteiger partial charge on any atom is 0.418 e. The highest BCUT2D eigenvalue weighted by Crippen LogP contribution is 2.52. The second-order valence-corrected chi connectivity index (χ2v) is 5.74. The number of halogens is 3. The minimum atomic E-state index is -4.86. The molecule has 114 valence electrons. The van der Waals surface area contributed by atoms with Gasteiger partial charge in [0.1, 0.15) is 5.78 Å². The molecule has 1 heterocycles. The van der Waals surface area contributed by atoms with Crippen molar-refractivity contribution in [1.29, 1.82) is 0 Å². The van der Waals surface area contributed by atoms with E-state index in [1.54, 1.807) is 30.3 Å². The zero-order valence-corrected chi connectivity index (χ0v) is 11.1. The molecule has 1 aromatic carbocycles. The van der Waals surface area contributed by atoms with Crippen LogP contribution in [0.5, 0.6) is 0 Å². The van der Waals surface area contributed by atoms with Crippen LogP contribution in [0.15, 0.2) is 30.3 Å². The van der Waals surface area contributed by atoms with E-state index in [0.29, 0.717) is 5.56 Å². The topological polar surface area (TPSA) is 46.5 Å². The third kappa shape index (κ3) is 2.17. The lowest BCUT2D eigenvalue weighted by atomic mass is 9.62. The first kappa shape index (κ1) is 14.5. The Labute approximate surface area is 119 Å². The quantitative estimate of drug-likeness (QED) is 0.865. The average Bonchev–Trinajstić information content (AvgIpc) is 2.43. The lowest BCUT2D eigenvalue weighted by Gasteiger charge is -2.49. The molecule has 0 spiro atoms. The molecule has 1 saturated carbocycles. The normalized spacial score (nSPS) is 36.6. The lowest BCUT2D eigenvalue weighted by molar-refractivity contribution is -0.296. The summed E-state index contributed by atoms with van der Waals surface area (Å²) in [5.41, 5.74) is -2.39. The van der Waals surface area contributed by atoms with Crippen molar-refractivity contribution in [2.24, 2.45) is 11.8 Å². The summed E-state index contributed by atoms with van der Waals surface area (Å²) in [5.74, 6) is -3.35. The fraction of sp³-hybridized carbons (Fsp3) is 0.533. The van der Waals surface area contributed by atoms with Crippen LogP contribution in [0.4, 0.5) is 13.2 Å². The highest BCUT2D eigenvalue weighted by molar-refractivity contribution is 5.87. The number of ether oxygens (including phenoxy) is 1. The molecule has 0 unspecified atom stereocenters. The zero-order valence-electron chi connectivity index (χ0n) is 11.1. The molecule has 0 radical (unpaired) electrons. The van der Waals surface area contributed by atoms with Crippen molar-refractivity contribution >= 4 is 5.78 Å². The van der Waals surface area contributed by atoms with Crippen LogP contribution in [-0.4, -0.2) is 35.9 Å². The Hall–Kier alpha value is -1.40. The van der Waals surface area contributed by atoms with Crippen molar-refractivity contribution in [2.45, 2.75) is 24.1 Å². The Morgan fingerprint density at radius 2 is 1.81 bits per heavy atom. The molecular weight excluding hydrogens is 285 g/mol. The molecule has 2 bridgehead atoms. The molecule has 21 heavy (non-hydrogen) atoms. The molecule has 6 heteroatoms. The number of benzene rings is 1. The number of Topliss-reactive ketones (excluding diaryl/α,β-unsaturated/α-hetero) is 1. The predicted molar refractivity (Wildman–Crippen MR) is 67.6 cm³/mol. The molecule has 2 aliphatic rings. The van der Waals surface area contributed by atoms with Crippen LogP contribution < -0.4 is 0 Å². The molecule has 0 aromatic heterocycles. The van der Waals surface area contributed by atoms with E-state index in [1.165, 1.54) is 0 Å². The first-order valence-corrected chi connectivity index (χ1v) is 6.80. The third-order valence-corrected chi connectivity index (χ3v) is 4.60. The van der Waals surface area contributed by atoms with Gasteiger partial charge in [-0.2, -0.15) is 13.2 Å². The van der Waals surface area contributed by atoms with Gasteiger partial charge in [-0.15, -0.1) is 0 Å². The van der Waals surface area contributed by atoms with E-state index in [1.807, 2.05) is 0 Å². The summed E-state index contributed by atoms with van der Waals surface area (Å²) in [4.78, 5) is 12.3. The van der Waals surface area contributed by atoms with Crippen molar-refractivity contribution in [3.8, 4) is 0 Å². The maximum atomic E-state index is 13.3. The van der Waals surface area contributed by atoms with Gasteiger partial charge in [-0.1, -0.05) is 30.3 Å².